The fourth-order valence-corrected chi connectivity index (χ4v) is 2.06. The molecule has 82 valence electrons. The number of piperidine rings is 1. The van der Waals surface area contributed by atoms with Gasteiger partial charge in [0, 0.05) is 18.5 Å². The van der Waals surface area contributed by atoms with Crippen LogP contribution in [0.15, 0.2) is 0 Å². The van der Waals surface area contributed by atoms with Gasteiger partial charge in [-0.15, -0.1) is 0 Å². The Kier molecular flexibility index (Phi) is 3.53. The van der Waals surface area contributed by atoms with Crippen LogP contribution in [0.1, 0.15) is 33.6 Å². The highest BCUT2D eigenvalue weighted by molar-refractivity contribution is 5.82. The summed E-state index contributed by atoms with van der Waals surface area (Å²) in [4.78, 5) is 14.1. The van der Waals surface area contributed by atoms with Crippen LogP contribution in [0, 0.1) is 5.41 Å². The fraction of sp³-hybridized carbons (Fsp3) is 0.909. The Bertz CT molecular complexity index is 205. The second kappa shape index (κ2) is 4.30. The topological polar surface area (TPSA) is 32.3 Å². The monoisotopic (exact) mass is 198 g/mol. The third kappa shape index (κ3) is 2.27. The first-order valence-electron chi connectivity index (χ1n) is 5.46. The van der Waals surface area contributed by atoms with Gasteiger partial charge >= 0.3 is 0 Å². The summed E-state index contributed by atoms with van der Waals surface area (Å²) in [6, 6.07) is 0.601. The average Bonchev–Trinajstić information content (AvgIpc) is 2.17. The molecule has 1 amide bonds. The normalized spacial score (nSPS) is 22.4. The van der Waals surface area contributed by atoms with Gasteiger partial charge in [-0.25, -0.2) is 0 Å². The van der Waals surface area contributed by atoms with Gasteiger partial charge in [-0.1, -0.05) is 6.92 Å². The average molecular weight is 198 g/mol. The van der Waals surface area contributed by atoms with Crippen LogP contribution in [-0.4, -0.2) is 37.0 Å². The van der Waals surface area contributed by atoms with Gasteiger partial charge in [-0.2, -0.15) is 0 Å². The molecule has 1 N–H and O–H groups in total. The van der Waals surface area contributed by atoms with Crippen molar-refractivity contribution in [2.24, 2.45) is 5.41 Å². The van der Waals surface area contributed by atoms with Crippen molar-refractivity contribution < 1.29 is 4.79 Å². The number of carbonyl (C=O) groups is 1. The van der Waals surface area contributed by atoms with Crippen LogP contribution in [0.3, 0.4) is 0 Å². The molecule has 0 aromatic heterocycles. The molecule has 0 aliphatic carbocycles. The zero-order valence-electron chi connectivity index (χ0n) is 9.76. The predicted octanol–water partition coefficient (Wildman–Crippen LogP) is 1.24. The summed E-state index contributed by atoms with van der Waals surface area (Å²) in [6.45, 7) is 8.58. The number of amides is 1. The molecule has 3 nitrogen and oxygen atoms in total. The number of rotatable bonds is 2. The third-order valence-corrected chi connectivity index (χ3v) is 3.41. The van der Waals surface area contributed by atoms with Crippen LogP contribution in [0.25, 0.3) is 0 Å². The van der Waals surface area contributed by atoms with Crippen LogP contribution in [-0.2, 0) is 4.79 Å². The van der Waals surface area contributed by atoms with Crippen LogP contribution < -0.4 is 5.32 Å². The van der Waals surface area contributed by atoms with Crippen LogP contribution in [0.4, 0.5) is 0 Å². The van der Waals surface area contributed by atoms with Gasteiger partial charge in [0.25, 0.3) is 0 Å². The number of nitrogens with one attached hydrogen (secondary N) is 1. The van der Waals surface area contributed by atoms with E-state index in [0.29, 0.717) is 6.04 Å². The van der Waals surface area contributed by atoms with E-state index in [1.165, 1.54) is 0 Å². The smallest absolute Gasteiger partial charge is 0.225 e. The van der Waals surface area contributed by atoms with Gasteiger partial charge in [0.15, 0.2) is 0 Å². The van der Waals surface area contributed by atoms with Crippen LogP contribution in [0.2, 0.25) is 0 Å². The molecule has 0 aromatic rings. The van der Waals surface area contributed by atoms with E-state index >= 15 is 0 Å². The zero-order valence-corrected chi connectivity index (χ0v) is 9.76. The second-order valence-electron chi connectivity index (χ2n) is 4.77. The molecule has 1 aliphatic rings. The summed E-state index contributed by atoms with van der Waals surface area (Å²) >= 11 is 0. The van der Waals surface area contributed by atoms with Crippen LogP contribution >= 0.6 is 0 Å². The molecule has 3 heteroatoms. The van der Waals surface area contributed by atoms with Crippen molar-refractivity contribution in [3.63, 3.8) is 0 Å². The van der Waals surface area contributed by atoms with Gasteiger partial charge in [-0.05, 0) is 39.8 Å². The number of hydrogen-bond donors (Lipinski definition) is 1. The standard InChI is InChI=1S/C11H22N2O/c1-9(2)13-7-5-11(3,6-8-13)10(14)12-4/h9H,5-8H2,1-4H3,(H,12,14). The Morgan fingerprint density at radius 1 is 1.36 bits per heavy atom. The van der Waals surface area contributed by atoms with E-state index in [0.717, 1.165) is 25.9 Å². The second-order valence-corrected chi connectivity index (χ2v) is 4.77. The maximum atomic E-state index is 11.6. The molecule has 0 bridgehead atoms. The summed E-state index contributed by atoms with van der Waals surface area (Å²) < 4.78 is 0. The van der Waals surface area contributed by atoms with E-state index in [-0.39, 0.29) is 11.3 Å². The van der Waals surface area contributed by atoms with Gasteiger partial charge < -0.3 is 10.2 Å². The Balaban J connectivity index is 2.53. The molecule has 1 rings (SSSR count). The lowest BCUT2D eigenvalue weighted by molar-refractivity contribution is -0.132. The van der Waals surface area contributed by atoms with E-state index in [1.54, 1.807) is 7.05 Å². The molecule has 0 unspecified atom stereocenters. The Labute approximate surface area is 86.9 Å². The Morgan fingerprint density at radius 2 is 1.86 bits per heavy atom. The van der Waals surface area contributed by atoms with Crippen molar-refractivity contribution in [2.45, 2.75) is 39.7 Å². The van der Waals surface area contributed by atoms with Crippen molar-refractivity contribution in [1.82, 2.24) is 10.2 Å². The molecular weight excluding hydrogens is 176 g/mol. The van der Waals surface area contributed by atoms with E-state index in [9.17, 15) is 4.79 Å². The molecule has 14 heavy (non-hydrogen) atoms. The lowest BCUT2D eigenvalue weighted by Gasteiger charge is -2.39. The van der Waals surface area contributed by atoms with Crippen molar-refractivity contribution >= 4 is 5.91 Å². The van der Waals surface area contributed by atoms with Gasteiger partial charge in [-0.3, -0.25) is 4.79 Å². The first kappa shape index (κ1) is 11.5. The number of nitrogens with zero attached hydrogens (tertiary/aromatic N) is 1. The van der Waals surface area contributed by atoms with E-state index in [1.807, 2.05) is 0 Å². The van der Waals surface area contributed by atoms with Crippen molar-refractivity contribution in [3.8, 4) is 0 Å². The highest BCUT2D eigenvalue weighted by Gasteiger charge is 2.36. The maximum Gasteiger partial charge on any atom is 0.225 e. The first-order chi connectivity index (χ1) is 6.49. The Morgan fingerprint density at radius 3 is 2.21 bits per heavy atom. The molecule has 1 heterocycles. The molecule has 1 aliphatic heterocycles. The largest absolute Gasteiger partial charge is 0.359 e. The van der Waals surface area contributed by atoms with Gasteiger partial charge in [0.2, 0.25) is 5.91 Å². The van der Waals surface area contributed by atoms with Gasteiger partial charge in [0.1, 0.15) is 0 Å². The summed E-state index contributed by atoms with van der Waals surface area (Å²) in [5.41, 5.74) is -0.139. The van der Waals surface area contributed by atoms with E-state index in [4.69, 9.17) is 0 Å². The molecule has 0 spiro atoms. The van der Waals surface area contributed by atoms with Crippen molar-refractivity contribution in [3.05, 3.63) is 0 Å². The number of hydrogen-bond acceptors (Lipinski definition) is 2. The van der Waals surface area contributed by atoms with E-state index < -0.39 is 0 Å². The highest BCUT2D eigenvalue weighted by atomic mass is 16.2. The minimum atomic E-state index is -0.139. The molecule has 0 saturated carbocycles. The maximum absolute atomic E-state index is 11.6. The Hall–Kier alpha value is -0.570. The summed E-state index contributed by atoms with van der Waals surface area (Å²) in [7, 11) is 1.72. The molecule has 1 saturated heterocycles. The molecular formula is C11H22N2O. The van der Waals surface area contributed by atoms with Crippen molar-refractivity contribution in [1.29, 1.82) is 0 Å². The predicted molar refractivity (Wildman–Crippen MR) is 58.1 cm³/mol. The van der Waals surface area contributed by atoms with Gasteiger partial charge in [0.05, 0.1) is 0 Å². The minimum Gasteiger partial charge on any atom is -0.359 e. The highest BCUT2D eigenvalue weighted by Crippen LogP contribution is 2.31. The first-order valence-corrected chi connectivity index (χ1v) is 5.46. The lowest BCUT2D eigenvalue weighted by Crippen LogP contribution is -2.48. The molecule has 0 radical (unpaired) electrons. The number of carbonyl (C=O) groups excluding carboxylic acids is 1. The summed E-state index contributed by atoms with van der Waals surface area (Å²) in [5.74, 6) is 0.195. The van der Waals surface area contributed by atoms with Crippen molar-refractivity contribution in [2.75, 3.05) is 20.1 Å². The summed E-state index contributed by atoms with van der Waals surface area (Å²) in [5, 5.41) is 2.76. The summed E-state index contributed by atoms with van der Waals surface area (Å²) in [6.07, 6.45) is 1.95. The quantitative estimate of drug-likeness (QED) is 0.724. The zero-order chi connectivity index (χ0) is 10.8. The minimum absolute atomic E-state index is 0.139. The lowest BCUT2D eigenvalue weighted by atomic mass is 9.79. The third-order valence-electron chi connectivity index (χ3n) is 3.41. The molecule has 0 atom stereocenters. The molecule has 0 aromatic carbocycles. The SMILES string of the molecule is CNC(=O)C1(C)CCN(C(C)C)CC1. The fourth-order valence-electron chi connectivity index (χ4n) is 2.06. The van der Waals surface area contributed by atoms with E-state index in [2.05, 4.69) is 31.0 Å². The molecule has 1 fully saturated rings. The van der Waals surface area contributed by atoms with Crippen LogP contribution in [0.5, 0.6) is 0 Å². The number of likely N-dealkylation sites (tertiary alicyclic amines) is 1.